The average molecular weight is 263 g/mol. The summed E-state index contributed by atoms with van der Waals surface area (Å²) in [5.74, 6) is -2.73. The van der Waals surface area contributed by atoms with Crippen LogP contribution in [0.2, 0.25) is 0 Å². The van der Waals surface area contributed by atoms with Crippen molar-refractivity contribution in [3.8, 4) is 5.75 Å². The molecule has 0 aliphatic heterocycles. The van der Waals surface area contributed by atoms with Crippen LogP contribution >= 0.6 is 0 Å². The third-order valence-corrected chi connectivity index (χ3v) is 2.67. The van der Waals surface area contributed by atoms with Gasteiger partial charge in [0.05, 0.1) is 5.56 Å². The molecule has 5 heteroatoms. The molecule has 2 rings (SSSR count). The van der Waals surface area contributed by atoms with E-state index in [9.17, 15) is 18.7 Å². The third-order valence-electron chi connectivity index (χ3n) is 2.67. The Morgan fingerprint density at radius 1 is 1.16 bits per heavy atom. The number of benzene rings is 2. The van der Waals surface area contributed by atoms with Crippen LogP contribution in [0.4, 0.5) is 14.5 Å². The van der Waals surface area contributed by atoms with Gasteiger partial charge in [-0.2, -0.15) is 0 Å². The zero-order chi connectivity index (χ0) is 14.0. The molecular weight excluding hydrogens is 252 g/mol. The second kappa shape index (κ2) is 5.06. The third kappa shape index (κ3) is 2.54. The van der Waals surface area contributed by atoms with E-state index in [0.717, 1.165) is 6.07 Å². The predicted molar refractivity (Wildman–Crippen MR) is 67.2 cm³/mol. The van der Waals surface area contributed by atoms with Crippen molar-refractivity contribution < 1.29 is 18.7 Å². The van der Waals surface area contributed by atoms with Crippen LogP contribution in [0, 0.1) is 18.6 Å². The fourth-order valence-electron chi connectivity index (χ4n) is 1.62. The summed E-state index contributed by atoms with van der Waals surface area (Å²) < 4.78 is 27.2. The summed E-state index contributed by atoms with van der Waals surface area (Å²) >= 11 is 0. The summed E-state index contributed by atoms with van der Waals surface area (Å²) in [6.07, 6.45) is 0. The van der Waals surface area contributed by atoms with E-state index in [2.05, 4.69) is 5.32 Å². The zero-order valence-corrected chi connectivity index (χ0v) is 10.1. The van der Waals surface area contributed by atoms with Gasteiger partial charge in [0.2, 0.25) is 0 Å². The Kier molecular flexibility index (Phi) is 3.46. The molecule has 0 bridgehead atoms. The molecule has 19 heavy (non-hydrogen) atoms. The lowest BCUT2D eigenvalue weighted by Gasteiger charge is -2.10. The van der Waals surface area contributed by atoms with Crippen LogP contribution in [0.15, 0.2) is 36.4 Å². The molecule has 0 aliphatic carbocycles. The van der Waals surface area contributed by atoms with Gasteiger partial charge in [0.25, 0.3) is 5.91 Å². The van der Waals surface area contributed by atoms with E-state index in [1.807, 2.05) is 0 Å². The fourth-order valence-corrected chi connectivity index (χ4v) is 1.62. The molecule has 0 unspecified atom stereocenters. The number of carbonyl (C=O) groups is 1. The van der Waals surface area contributed by atoms with Crippen molar-refractivity contribution in [3.63, 3.8) is 0 Å². The molecule has 2 N–H and O–H groups in total. The van der Waals surface area contributed by atoms with Gasteiger partial charge in [-0.1, -0.05) is 18.2 Å². The van der Waals surface area contributed by atoms with Crippen LogP contribution < -0.4 is 5.32 Å². The van der Waals surface area contributed by atoms with Gasteiger partial charge >= 0.3 is 0 Å². The first-order valence-electron chi connectivity index (χ1n) is 5.54. The molecule has 0 atom stereocenters. The van der Waals surface area contributed by atoms with E-state index in [1.54, 1.807) is 6.07 Å². The van der Waals surface area contributed by atoms with Gasteiger partial charge in [0.15, 0.2) is 5.82 Å². The highest BCUT2D eigenvalue weighted by Crippen LogP contribution is 2.24. The Morgan fingerprint density at radius 3 is 2.53 bits per heavy atom. The highest BCUT2D eigenvalue weighted by Gasteiger charge is 2.17. The summed E-state index contributed by atoms with van der Waals surface area (Å²) in [5.41, 5.74) is -0.356. The Labute approximate surface area is 108 Å². The van der Waals surface area contributed by atoms with Gasteiger partial charge in [-0.05, 0) is 30.7 Å². The summed E-state index contributed by atoms with van der Waals surface area (Å²) in [4.78, 5) is 11.8. The van der Waals surface area contributed by atoms with Gasteiger partial charge < -0.3 is 10.4 Å². The maximum atomic E-state index is 13.7. The molecule has 0 saturated carbocycles. The molecule has 0 spiro atoms. The summed E-state index contributed by atoms with van der Waals surface area (Å²) in [6.45, 7) is 1.46. The lowest BCUT2D eigenvalue weighted by Crippen LogP contribution is -2.15. The average Bonchev–Trinajstić information content (AvgIpc) is 2.39. The maximum Gasteiger partial charge on any atom is 0.259 e. The topological polar surface area (TPSA) is 49.3 Å². The molecule has 0 saturated heterocycles. The quantitative estimate of drug-likeness (QED) is 0.873. The lowest BCUT2D eigenvalue weighted by atomic mass is 10.1. The number of aryl methyl sites for hydroxylation is 1. The van der Waals surface area contributed by atoms with E-state index in [-0.39, 0.29) is 16.9 Å². The number of hydrogen-bond donors (Lipinski definition) is 2. The highest BCUT2D eigenvalue weighted by atomic mass is 19.1. The van der Waals surface area contributed by atoms with Crippen molar-refractivity contribution in [3.05, 3.63) is 59.2 Å². The molecule has 1 amide bonds. The Hall–Kier alpha value is -2.43. The van der Waals surface area contributed by atoms with E-state index in [1.165, 1.54) is 31.2 Å². The van der Waals surface area contributed by atoms with Crippen molar-refractivity contribution in [2.45, 2.75) is 6.92 Å². The van der Waals surface area contributed by atoms with Crippen LogP contribution in [0.5, 0.6) is 5.75 Å². The van der Waals surface area contributed by atoms with Gasteiger partial charge in [0.1, 0.15) is 17.3 Å². The minimum atomic E-state index is -0.869. The molecule has 2 aromatic carbocycles. The van der Waals surface area contributed by atoms with Crippen LogP contribution in [-0.4, -0.2) is 11.0 Å². The Bertz CT molecular complexity index is 641. The van der Waals surface area contributed by atoms with Crippen LogP contribution in [-0.2, 0) is 0 Å². The van der Waals surface area contributed by atoms with Gasteiger partial charge in [-0.25, -0.2) is 8.78 Å². The normalized spacial score (nSPS) is 10.3. The molecule has 0 aliphatic rings. The Morgan fingerprint density at radius 2 is 1.84 bits per heavy atom. The molecule has 2 aromatic rings. The Balaban J connectivity index is 2.35. The largest absolute Gasteiger partial charge is 0.507 e. The molecule has 0 heterocycles. The fraction of sp³-hybridized carbons (Fsp3) is 0.0714. The number of rotatable bonds is 2. The molecule has 98 valence electrons. The summed E-state index contributed by atoms with van der Waals surface area (Å²) in [6, 6.07) is 8.10. The van der Waals surface area contributed by atoms with Crippen molar-refractivity contribution >= 4 is 11.6 Å². The number of phenols is 1. The number of aromatic hydroxyl groups is 1. The first-order valence-corrected chi connectivity index (χ1v) is 5.54. The SMILES string of the molecule is Cc1ccc(F)c(NC(=O)c2ccccc2O)c1F. The number of hydrogen-bond acceptors (Lipinski definition) is 2. The smallest absolute Gasteiger partial charge is 0.259 e. The maximum absolute atomic E-state index is 13.7. The van der Waals surface area contributed by atoms with E-state index < -0.39 is 23.2 Å². The molecule has 3 nitrogen and oxygen atoms in total. The van der Waals surface area contributed by atoms with E-state index >= 15 is 0 Å². The van der Waals surface area contributed by atoms with Gasteiger partial charge in [-0.3, -0.25) is 4.79 Å². The molecular formula is C14H11F2NO2. The number of halogens is 2. The number of anilines is 1. The summed E-state index contributed by atoms with van der Waals surface area (Å²) in [5, 5.41) is 11.6. The minimum absolute atomic E-state index is 0.0530. The van der Waals surface area contributed by atoms with Crippen LogP contribution in [0.1, 0.15) is 15.9 Å². The van der Waals surface area contributed by atoms with Crippen LogP contribution in [0.3, 0.4) is 0 Å². The first kappa shape index (κ1) is 13.0. The van der Waals surface area contributed by atoms with Crippen molar-refractivity contribution in [2.75, 3.05) is 5.32 Å². The number of amides is 1. The molecule has 0 fully saturated rings. The zero-order valence-electron chi connectivity index (χ0n) is 10.1. The standard InChI is InChI=1S/C14H11F2NO2/c1-8-6-7-10(15)13(12(8)16)17-14(19)9-4-2-3-5-11(9)18/h2-7,18H,1H3,(H,17,19). The first-order chi connectivity index (χ1) is 9.00. The van der Waals surface area contributed by atoms with Gasteiger partial charge in [-0.15, -0.1) is 0 Å². The van der Waals surface area contributed by atoms with Crippen molar-refractivity contribution in [2.24, 2.45) is 0 Å². The number of phenolic OH excluding ortho intramolecular Hbond substituents is 1. The monoisotopic (exact) mass is 263 g/mol. The highest BCUT2D eigenvalue weighted by molar-refractivity contribution is 6.06. The lowest BCUT2D eigenvalue weighted by molar-refractivity contribution is 0.102. The second-order valence-electron chi connectivity index (χ2n) is 4.02. The second-order valence-corrected chi connectivity index (χ2v) is 4.02. The molecule has 0 radical (unpaired) electrons. The van der Waals surface area contributed by atoms with Crippen molar-refractivity contribution in [1.29, 1.82) is 0 Å². The van der Waals surface area contributed by atoms with E-state index in [4.69, 9.17) is 0 Å². The number of para-hydroxylation sites is 1. The number of carbonyl (C=O) groups excluding carboxylic acids is 1. The van der Waals surface area contributed by atoms with E-state index in [0.29, 0.717) is 0 Å². The van der Waals surface area contributed by atoms with Crippen molar-refractivity contribution in [1.82, 2.24) is 0 Å². The van der Waals surface area contributed by atoms with Crippen LogP contribution in [0.25, 0.3) is 0 Å². The minimum Gasteiger partial charge on any atom is -0.507 e. The predicted octanol–water partition coefficient (Wildman–Crippen LogP) is 3.23. The number of nitrogens with one attached hydrogen (secondary N) is 1. The van der Waals surface area contributed by atoms with Gasteiger partial charge in [0, 0.05) is 0 Å². The summed E-state index contributed by atoms with van der Waals surface area (Å²) in [7, 11) is 0. The molecule has 0 aromatic heterocycles.